The molecule has 0 saturated carbocycles. The van der Waals surface area contributed by atoms with Gasteiger partial charge in [-0.15, -0.1) is 0 Å². The molecule has 6 aliphatic heterocycles. The molecule has 0 N–H and O–H groups in total. The van der Waals surface area contributed by atoms with Crippen LogP contribution in [0.5, 0.6) is 0 Å². The molecule has 6 heterocycles. The van der Waals surface area contributed by atoms with Crippen molar-refractivity contribution >= 4 is 77.1 Å². The van der Waals surface area contributed by atoms with E-state index in [-0.39, 0.29) is 18.5 Å². The largest absolute Gasteiger partial charge is 0.553 e. The third kappa shape index (κ3) is 6.21. The number of hydrogen-bond acceptors (Lipinski definition) is 14. The monoisotopic (exact) mass is 733 g/mol. The topological polar surface area (TPSA) is 137 Å². The second kappa shape index (κ2) is 12.4. The predicted molar refractivity (Wildman–Crippen MR) is 162 cm³/mol. The first-order valence-electron chi connectivity index (χ1n) is 15.3. The Labute approximate surface area is 258 Å². The van der Waals surface area contributed by atoms with Crippen LogP contribution < -0.4 is 0 Å². The van der Waals surface area contributed by atoms with Crippen molar-refractivity contribution in [3.8, 4) is 0 Å². The van der Waals surface area contributed by atoms with Crippen molar-refractivity contribution in [2.24, 2.45) is 5.92 Å². The molecular formula is C20H45O14Si8. The van der Waals surface area contributed by atoms with Gasteiger partial charge >= 0.3 is 77.1 Å². The van der Waals surface area contributed by atoms with E-state index in [0.29, 0.717) is 55.2 Å². The van der Waals surface area contributed by atoms with E-state index in [9.17, 15) is 4.79 Å². The molecule has 6 fully saturated rings. The summed E-state index contributed by atoms with van der Waals surface area (Å²) in [6.07, 6.45) is 1.13. The van der Waals surface area contributed by atoms with Gasteiger partial charge in [-0.05, 0) is 12.8 Å². The van der Waals surface area contributed by atoms with Crippen LogP contribution in [0.3, 0.4) is 0 Å². The van der Waals surface area contributed by atoms with Crippen LogP contribution >= 0.6 is 0 Å². The van der Waals surface area contributed by atoms with Crippen molar-refractivity contribution in [3.63, 3.8) is 0 Å². The molecule has 241 valence electrons. The Morgan fingerprint density at radius 2 is 0.905 bits per heavy atom. The van der Waals surface area contributed by atoms with Gasteiger partial charge in [0.05, 0.1) is 12.5 Å². The summed E-state index contributed by atoms with van der Waals surface area (Å²) in [7, 11) is -28.1. The first kappa shape index (κ1) is 34.1. The summed E-state index contributed by atoms with van der Waals surface area (Å²) in [5.74, 6) is -0.421. The van der Waals surface area contributed by atoms with Crippen LogP contribution in [0, 0.1) is 5.92 Å². The van der Waals surface area contributed by atoms with Gasteiger partial charge in [0, 0.05) is 42.3 Å². The Bertz CT molecular complexity index is 972. The van der Waals surface area contributed by atoms with Crippen molar-refractivity contribution in [2.75, 3.05) is 6.61 Å². The minimum atomic E-state index is -3.81. The normalized spacial score (nSPS) is 45.5. The Hall–Kier alpha value is 0.725. The van der Waals surface area contributed by atoms with Crippen molar-refractivity contribution in [3.05, 3.63) is 0 Å². The molecule has 8 bridgehead atoms. The zero-order chi connectivity index (χ0) is 30.5. The van der Waals surface area contributed by atoms with Gasteiger partial charge in [0.25, 0.3) is 0 Å². The molecule has 5 unspecified atom stereocenters. The maximum Gasteiger partial charge on any atom is 0.553 e. The van der Waals surface area contributed by atoms with Crippen molar-refractivity contribution < 1.29 is 58.9 Å². The molecule has 0 spiro atoms. The Balaban J connectivity index is 1.64. The molecule has 1 radical (unpaired) electrons. The van der Waals surface area contributed by atoms with Crippen LogP contribution in [0.15, 0.2) is 0 Å². The molecular weight excluding hydrogens is 689 g/mol. The van der Waals surface area contributed by atoms with Crippen LogP contribution in [-0.4, -0.2) is 83.7 Å². The molecule has 14 nitrogen and oxygen atoms in total. The minimum absolute atomic E-state index is 0.178. The van der Waals surface area contributed by atoms with Gasteiger partial charge in [-0.25, -0.2) is 0 Å². The minimum Gasteiger partial charge on any atom is -0.465 e. The van der Waals surface area contributed by atoms with Gasteiger partial charge in [0.1, 0.15) is 0 Å². The quantitative estimate of drug-likeness (QED) is 0.163. The maximum atomic E-state index is 12.4. The lowest BCUT2D eigenvalue weighted by Gasteiger charge is -2.61. The van der Waals surface area contributed by atoms with Crippen molar-refractivity contribution in [1.82, 2.24) is 0 Å². The van der Waals surface area contributed by atoms with Crippen LogP contribution in [0.4, 0.5) is 0 Å². The molecule has 0 aromatic carbocycles. The van der Waals surface area contributed by atoms with Crippen LogP contribution in [0.2, 0.25) is 42.3 Å². The second-order valence-electron chi connectivity index (χ2n) is 11.0. The van der Waals surface area contributed by atoms with E-state index < -0.39 is 71.2 Å². The third-order valence-electron chi connectivity index (χ3n) is 8.00. The molecule has 0 aliphatic carbocycles. The van der Waals surface area contributed by atoms with Gasteiger partial charge in [-0.3, -0.25) is 4.79 Å². The zero-order valence-electron chi connectivity index (χ0n) is 25.9. The number of carbonyl (C=O) groups excluding carboxylic acids is 1. The fraction of sp³-hybridized carbons (Fsp3) is 0.950. The lowest BCUT2D eigenvalue weighted by molar-refractivity contribution is -0.148. The van der Waals surface area contributed by atoms with Crippen molar-refractivity contribution in [2.45, 2.75) is 111 Å². The first-order chi connectivity index (χ1) is 19.9. The molecule has 6 rings (SSSR count). The summed E-state index contributed by atoms with van der Waals surface area (Å²) in [4.78, 5) is 12.4. The highest BCUT2D eigenvalue weighted by atomic mass is 28.6. The maximum absolute atomic E-state index is 12.4. The predicted octanol–water partition coefficient (Wildman–Crippen LogP) is 3.91. The van der Waals surface area contributed by atoms with Crippen molar-refractivity contribution in [1.29, 1.82) is 0 Å². The second-order valence-corrected chi connectivity index (χ2v) is 35.6. The number of hydrogen-bond donors (Lipinski definition) is 0. The first-order valence-corrected chi connectivity index (χ1v) is 30.0. The molecule has 6 saturated heterocycles. The van der Waals surface area contributed by atoms with E-state index in [1.165, 1.54) is 0 Å². The van der Waals surface area contributed by atoms with Crippen LogP contribution in [0.25, 0.3) is 0 Å². The average molecular weight is 734 g/mol. The zero-order valence-corrected chi connectivity index (χ0v) is 33.9. The van der Waals surface area contributed by atoms with E-state index in [1.807, 2.05) is 55.4 Å². The Kier molecular flexibility index (Phi) is 10.1. The molecule has 22 heteroatoms. The van der Waals surface area contributed by atoms with Crippen LogP contribution in [-0.2, 0) is 58.9 Å². The number of carbonyl (C=O) groups is 1. The highest BCUT2D eigenvalue weighted by molar-refractivity contribution is 7.01. The van der Waals surface area contributed by atoms with Gasteiger partial charge in [-0.2, -0.15) is 0 Å². The number of esters is 1. The highest BCUT2D eigenvalue weighted by Gasteiger charge is 2.80. The fourth-order valence-electron chi connectivity index (χ4n) is 5.24. The fourth-order valence-corrected chi connectivity index (χ4v) is 50.5. The highest BCUT2D eigenvalue weighted by Crippen LogP contribution is 2.51. The summed E-state index contributed by atoms with van der Waals surface area (Å²) in [6.45, 7) is 15.7. The summed E-state index contributed by atoms with van der Waals surface area (Å²) < 4.78 is 88.9. The lowest BCUT2D eigenvalue weighted by atomic mass is 10.1. The number of ether oxygens (including phenoxy) is 1. The van der Waals surface area contributed by atoms with Gasteiger partial charge < -0.3 is 54.1 Å². The van der Waals surface area contributed by atoms with E-state index in [0.717, 1.165) is 0 Å². The van der Waals surface area contributed by atoms with E-state index >= 15 is 0 Å². The lowest BCUT2D eigenvalue weighted by Crippen LogP contribution is -2.86. The smallest absolute Gasteiger partial charge is 0.465 e. The summed E-state index contributed by atoms with van der Waals surface area (Å²) in [5.41, 5.74) is 0. The van der Waals surface area contributed by atoms with E-state index in [1.54, 1.807) is 0 Å². The molecule has 0 aromatic heterocycles. The molecule has 0 amide bonds. The molecule has 42 heavy (non-hydrogen) atoms. The third-order valence-corrected chi connectivity index (χ3v) is 42.3. The standard InChI is InChI=1S/C20H45O14Si8/c1-9-19(8)20(21)22-17-16-18-42-30-37(11-3)24-35-23-36(10-2)26-39(13-5,28-37)32-41(15-7,34-42)33-40(14-6,27-36)29-38(12-4,25-35)31-42/h19H,9-18H2,1-8H3. The van der Waals surface area contributed by atoms with Crippen LogP contribution in [0.1, 0.15) is 68.2 Å². The molecule has 0 aromatic rings. The average Bonchev–Trinajstić information content (AvgIpc) is 2.93. The SMILES string of the molecule is CCC(C)C(=O)OCCC[Si]12O[Si]3(CC)O[Si]4O[Si]5(CC)O[Si](CC)(O3)O[Si](CC)(O[Si](CC)(O5)O[Si](CC)(O4)O1)O2. The molecule has 5 atom stereocenters. The Morgan fingerprint density at radius 1 is 0.571 bits per heavy atom. The Morgan fingerprint density at radius 3 is 1.26 bits per heavy atom. The van der Waals surface area contributed by atoms with E-state index in [2.05, 4.69) is 0 Å². The van der Waals surface area contributed by atoms with E-state index in [4.69, 9.17) is 54.1 Å². The summed E-state index contributed by atoms with van der Waals surface area (Å²) in [5, 5.41) is 0. The summed E-state index contributed by atoms with van der Waals surface area (Å²) >= 11 is 0. The number of rotatable bonds is 12. The van der Waals surface area contributed by atoms with Gasteiger partial charge in [0.15, 0.2) is 0 Å². The van der Waals surface area contributed by atoms with Gasteiger partial charge in [-0.1, -0.05) is 55.4 Å². The van der Waals surface area contributed by atoms with Gasteiger partial charge in [0.2, 0.25) is 0 Å². The molecule has 6 aliphatic rings. The summed E-state index contributed by atoms with van der Waals surface area (Å²) in [6, 6.07) is 2.71.